The number of anilines is 1. The molecule has 1 aromatic rings. The Morgan fingerprint density at radius 1 is 1.45 bits per heavy atom. The Morgan fingerprint density at radius 3 is 2.70 bits per heavy atom. The molecule has 0 amide bonds. The molecule has 1 aromatic heterocycles. The molecule has 0 fully saturated rings. The third-order valence-electron chi connectivity index (χ3n) is 2.95. The molecule has 0 radical (unpaired) electrons. The van der Waals surface area contributed by atoms with Crippen LogP contribution in [0.15, 0.2) is 12.3 Å². The Labute approximate surface area is 121 Å². The highest BCUT2D eigenvalue weighted by molar-refractivity contribution is 7.88. The van der Waals surface area contributed by atoms with Gasteiger partial charge in [0, 0.05) is 25.3 Å². The van der Waals surface area contributed by atoms with Crippen molar-refractivity contribution >= 4 is 15.7 Å². The number of aryl methyl sites for hydroxylation is 1. The van der Waals surface area contributed by atoms with Crippen LogP contribution in [0.1, 0.15) is 19.0 Å². The maximum Gasteiger partial charge on any atom is 0.211 e. The molecule has 0 saturated carbocycles. The van der Waals surface area contributed by atoms with Gasteiger partial charge in [0.2, 0.25) is 10.0 Å². The molecule has 6 nitrogen and oxygen atoms in total. The number of nitrogens with zero attached hydrogens (tertiary/aromatic N) is 2. The summed E-state index contributed by atoms with van der Waals surface area (Å²) in [6.45, 7) is 5.42. The van der Waals surface area contributed by atoms with Gasteiger partial charge in [0.25, 0.3) is 0 Å². The van der Waals surface area contributed by atoms with E-state index in [9.17, 15) is 8.42 Å². The second-order valence-corrected chi connectivity index (χ2v) is 6.54. The van der Waals surface area contributed by atoms with Crippen LogP contribution < -0.4 is 10.1 Å². The highest BCUT2D eigenvalue weighted by Gasteiger charge is 2.13. The normalized spacial score (nSPS) is 11.7. The lowest BCUT2D eigenvalue weighted by atomic mass is 10.3. The van der Waals surface area contributed by atoms with Crippen LogP contribution in [0.4, 0.5) is 5.69 Å². The fourth-order valence-electron chi connectivity index (χ4n) is 1.88. The Bertz CT molecular complexity index is 532. The fraction of sp³-hybridized carbons (Fsp3) is 0.615. The highest BCUT2D eigenvalue weighted by Crippen LogP contribution is 2.23. The molecule has 0 aliphatic rings. The van der Waals surface area contributed by atoms with Crippen LogP contribution in [0.25, 0.3) is 0 Å². The predicted octanol–water partition coefficient (Wildman–Crippen LogP) is 1.48. The Morgan fingerprint density at radius 2 is 2.15 bits per heavy atom. The first kappa shape index (κ1) is 16.7. The number of hydrogen-bond donors (Lipinski definition) is 1. The zero-order valence-electron chi connectivity index (χ0n) is 12.5. The lowest BCUT2D eigenvalue weighted by molar-refractivity contribution is 0.413. The smallest absolute Gasteiger partial charge is 0.211 e. The minimum absolute atomic E-state index is 0.497. The van der Waals surface area contributed by atoms with Gasteiger partial charge in [-0.2, -0.15) is 0 Å². The van der Waals surface area contributed by atoms with Crippen LogP contribution in [0.5, 0.6) is 5.75 Å². The van der Waals surface area contributed by atoms with E-state index in [2.05, 4.69) is 10.3 Å². The summed E-state index contributed by atoms with van der Waals surface area (Å²) in [7, 11) is -1.51. The molecule has 114 valence electrons. The fourth-order valence-corrected chi connectivity index (χ4v) is 2.81. The minimum Gasteiger partial charge on any atom is -0.493 e. The van der Waals surface area contributed by atoms with Crippen LogP contribution in [0.3, 0.4) is 0 Å². The second kappa shape index (κ2) is 7.44. The van der Waals surface area contributed by atoms with Crippen LogP contribution in [-0.2, 0) is 10.0 Å². The molecule has 0 saturated heterocycles. The van der Waals surface area contributed by atoms with Crippen molar-refractivity contribution in [2.75, 3.05) is 38.3 Å². The maximum absolute atomic E-state index is 11.4. The van der Waals surface area contributed by atoms with Crippen molar-refractivity contribution in [1.29, 1.82) is 0 Å². The first-order valence-corrected chi connectivity index (χ1v) is 8.43. The van der Waals surface area contributed by atoms with Crippen LogP contribution in [0.2, 0.25) is 0 Å². The Balaban J connectivity index is 2.51. The average molecular weight is 301 g/mol. The van der Waals surface area contributed by atoms with Gasteiger partial charge >= 0.3 is 0 Å². The molecule has 1 rings (SSSR count). The van der Waals surface area contributed by atoms with Gasteiger partial charge in [0.05, 0.1) is 25.2 Å². The number of rotatable bonds is 8. The molecular formula is C13H23N3O3S. The van der Waals surface area contributed by atoms with Crippen molar-refractivity contribution in [2.24, 2.45) is 0 Å². The summed E-state index contributed by atoms with van der Waals surface area (Å²) in [5.41, 5.74) is 1.78. The molecule has 7 heteroatoms. The summed E-state index contributed by atoms with van der Waals surface area (Å²) < 4.78 is 29.6. The largest absolute Gasteiger partial charge is 0.493 e. The van der Waals surface area contributed by atoms with Gasteiger partial charge in [-0.3, -0.25) is 4.98 Å². The minimum atomic E-state index is -3.11. The van der Waals surface area contributed by atoms with Crippen molar-refractivity contribution in [1.82, 2.24) is 9.29 Å². The van der Waals surface area contributed by atoms with E-state index in [1.54, 1.807) is 13.3 Å². The van der Waals surface area contributed by atoms with Gasteiger partial charge in [-0.25, -0.2) is 12.7 Å². The van der Waals surface area contributed by atoms with Gasteiger partial charge in [-0.1, -0.05) is 6.92 Å². The Kier molecular flexibility index (Phi) is 6.22. The zero-order valence-corrected chi connectivity index (χ0v) is 13.3. The Hall–Kier alpha value is -1.34. The van der Waals surface area contributed by atoms with Gasteiger partial charge in [-0.15, -0.1) is 0 Å². The van der Waals surface area contributed by atoms with E-state index in [1.807, 2.05) is 19.9 Å². The maximum atomic E-state index is 11.4. The number of nitrogens with one attached hydrogen (secondary N) is 1. The molecule has 1 heterocycles. The lowest BCUT2D eigenvalue weighted by Gasteiger charge is -2.18. The molecule has 0 atom stereocenters. The SMILES string of the molecule is CCN(CCCNc1cc(C)ncc1OC)S(C)(=O)=O. The van der Waals surface area contributed by atoms with Crippen molar-refractivity contribution in [2.45, 2.75) is 20.3 Å². The molecule has 1 N–H and O–H groups in total. The lowest BCUT2D eigenvalue weighted by Crippen LogP contribution is -2.31. The molecule has 0 bridgehead atoms. The van der Waals surface area contributed by atoms with E-state index >= 15 is 0 Å². The molecule has 0 unspecified atom stereocenters. The summed E-state index contributed by atoms with van der Waals surface area (Å²) >= 11 is 0. The van der Waals surface area contributed by atoms with Gasteiger partial charge in [0.1, 0.15) is 0 Å². The zero-order chi connectivity index (χ0) is 15.2. The molecule has 20 heavy (non-hydrogen) atoms. The van der Waals surface area contributed by atoms with E-state index in [4.69, 9.17) is 4.74 Å². The summed E-state index contributed by atoms with van der Waals surface area (Å²) in [6.07, 6.45) is 3.64. The van der Waals surface area contributed by atoms with Gasteiger partial charge < -0.3 is 10.1 Å². The molecular weight excluding hydrogens is 278 g/mol. The number of sulfonamides is 1. The van der Waals surface area contributed by atoms with Crippen molar-refractivity contribution in [3.05, 3.63) is 18.0 Å². The monoisotopic (exact) mass is 301 g/mol. The number of hydrogen-bond acceptors (Lipinski definition) is 5. The number of ether oxygens (including phenoxy) is 1. The molecule has 0 aliphatic carbocycles. The van der Waals surface area contributed by atoms with Crippen molar-refractivity contribution in [3.8, 4) is 5.75 Å². The quantitative estimate of drug-likeness (QED) is 0.736. The second-order valence-electron chi connectivity index (χ2n) is 4.56. The third-order valence-corrected chi connectivity index (χ3v) is 4.32. The third kappa shape index (κ3) is 4.97. The summed E-state index contributed by atoms with van der Waals surface area (Å²) in [5, 5.41) is 3.25. The number of methoxy groups -OCH3 is 1. The molecule has 0 aromatic carbocycles. The number of aromatic nitrogens is 1. The highest BCUT2D eigenvalue weighted by atomic mass is 32.2. The molecule has 0 aliphatic heterocycles. The van der Waals surface area contributed by atoms with E-state index in [0.717, 1.165) is 17.8 Å². The van der Waals surface area contributed by atoms with Crippen LogP contribution in [-0.4, -0.2) is 50.7 Å². The van der Waals surface area contributed by atoms with Gasteiger partial charge in [-0.05, 0) is 19.4 Å². The van der Waals surface area contributed by atoms with E-state index in [-0.39, 0.29) is 0 Å². The summed E-state index contributed by atoms with van der Waals surface area (Å²) in [6, 6.07) is 1.91. The number of pyridine rings is 1. The van der Waals surface area contributed by atoms with Crippen LogP contribution in [0, 0.1) is 6.92 Å². The van der Waals surface area contributed by atoms with Crippen molar-refractivity contribution in [3.63, 3.8) is 0 Å². The average Bonchev–Trinajstić information content (AvgIpc) is 2.37. The van der Waals surface area contributed by atoms with E-state index in [1.165, 1.54) is 10.6 Å². The van der Waals surface area contributed by atoms with E-state index < -0.39 is 10.0 Å². The van der Waals surface area contributed by atoms with Crippen molar-refractivity contribution < 1.29 is 13.2 Å². The first-order chi connectivity index (χ1) is 9.38. The van der Waals surface area contributed by atoms with Gasteiger partial charge in [0.15, 0.2) is 5.75 Å². The summed E-state index contributed by atoms with van der Waals surface area (Å²) in [4.78, 5) is 4.16. The summed E-state index contributed by atoms with van der Waals surface area (Å²) in [5.74, 6) is 0.686. The first-order valence-electron chi connectivity index (χ1n) is 6.58. The predicted molar refractivity (Wildman–Crippen MR) is 80.7 cm³/mol. The topological polar surface area (TPSA) is 71.5 Å². The van der Waals surface area contributed by atoms with E-state index in [0.29, 0.717) is 25.4 Å². The molecule has 0 spiro atoms. The van der Waals surface area contributed by atoms with Crippen LogP contribution >= 0.6 is 0 Å². The standard InChI is InChI=1S/C13H23N3O3S/c1-5-16(20(4,17)18)8-6-7-14-12-9-11(2)15-10-13(12)19-3/h9-10H,5-8H2,1-4H3,(H,14,15).